The summed E-state index contributed by atoms with van der Waals surface area (Å²) in [5, 5.41) is 8.04. The molecule has 1 saturated heterocycles. The van der Waals surface area contributed by atoms with E-state index < -0.39 is 0 Å². The molecule has 1 amide bonds. The molecule has 0 bridgehead atoms. The summed E-state index contributed by atoms with van der Waals surface area (Å²) in [6.45, 7) is 4.81. The van der Waals surface area contributed by atoms with Gasteiger partial charge in [0.2, 0.25) is 0 Å². The number of amides is 1. The molecule has 1 aliphatic rings. The van der Waals surface area contributed by atoms with Crippen LogP contribution in [-0.2, 0) is 11.2 Å². The number of piperidine rings is 1. The van der Waals surface area contributed by atoms with Crippen molar-refractivity contribution in [3.05, 3.63) is 23.0 Å². The Balaban J connectivity index is 2.22. The van der Waals surface area contributed by atoms with Crippen molar-refractivity contribution >= 4 is 11.7 Å². The zero-order valence-corrected chi connectivity index (χ0v) is 10.8. The van der Waals surface area contributed by atoms with Gasteiger partial charge >= 0.3 is 0 Å². The molecular formula is C13H17N3O2. The van der Waals surface area contributed by atoms with Crippen LogP contribution >= 0.6 is 0 Å². The minimum Gasteiger partial charge on any atom is -0.338 e. The number of Topliss-reactive ketones (excluding diaryl/α,β-unsaturated/α-hetero) is 1. The number of carbonyl (C=O) groups is 2. The Bertz CT molecular complexity index is 475. The van der Waals surface area contributed by atoms with Crippen molar-refractivity contribution in [2.24, 2.45) is 0 Å². The van der Waals surface area contributed by atoms with Gasteiger partial charge in [-0.15, -0.1) is 0 Å². The highest BCUT2D eigenvalue weighted by atomic mass is 16.2. The fourth-order valence-corrected chi connectivity index (χ4v) is 2.09. The van der Waals surface area contributed by atoms with E-state index in [9.17, 15) is 9.59 Å². The van der Waals surface area contributed by atoms with Gasteiger partial charge in [-0.1, -0.05) is 6.92 Å². The van der Waals surface area contributed by atoms with Gasteiger partial charge in [-0.25, -0.2) is 0 Å². The van der Waals surface area contributed by atoms with Crippen LogP contribution in [0.4, 0.5) is 0 Å². The Morgan fingerprint density at radius 3 is 2.61 bits per heavy atom. The molecule has 0 aromatic carbocycles. The molecular weight excluding hydrogens is 230 g/mol. The number of hydrogen-bond acceptors (Lipinski definition) is 4. The van der Waals surface area contributed by atoms with Crippen LogP contribution < -0.4 is 0 Å². The number of nitrogens with zero attached hydrogens (tertiary/aromatic N) is 3. The van der Waals surface area contributed by atoms with Gasteiger partial charge in [0.25, 0.3) is 5.91 Å². The van der Waals surface area contributed by atoms with Gasteiger partial charge < -0.3 is 4.90 Å². The number of aryl methyl sites for hydroxylation is 2. The molecule has 0 saturated carbocycles. The first-order valence-corrected chi connectivity index (χ1v) is 6.26. The molecule has 0 N–H and O–H groups in total. The molecule has 2 rings (SSSR count). The summed E-state index contributed by atoms with van der Waals surface area (Å²) in [5.41, 5.74) is 2.09. The summed E-state index contributed by atoms with van der Waals surface area (Å²) in [6.07, 6.45) is 1.61. The highest BCUT2D eigenvalue weighted by Crippen LogP contribution is 2.14. The number of likely N-dealkylation sites (tertiary alicyclic amines) is 1. The third-order valence-corrected chi connectivity index (χ3v) is 3.17. The maximum absolute atomic E-state index is 12.4. The summed E-state index contributed by atoms with van der Waals surface area (Å²) in [5.74, 6) is 0.205. The van der Waals surface area contributed by atoms with Crippen molar-refractivity contribution in [2.45, 2.75) is 33.1 Å². The fourth-order valence-electron chi connectivity index (χ4n) is 2.09. The maximum atomic E-state index is 12.4. The monoisotopic (exact) mass is 247 g/mol. The van der Waals surface area contributed by atoms with Crippen LogP contribution in [0.1, 0.15) is 41.5 Å². The summed E-state index contributed by atoms with van der Waals surface area (Å²) in [6, 6.07) is 1.78. The van der Waals surface area contributed by atoms with Crippen LogP contribution in [0.5, 0.6) is 0 Å². The first-order chi connectivity index (χ1) is 8.61. The van der Waals surface area contributed by atoms with Crippen molar-refractivity contribution in [1.82, 2.24) is 15.1 Å². The van der Waals surface area contributed by atoms with E-state index in [-0.39, 0.29) is 11.7 Å². The molecule has 2 heterocycles. The van der Waals surface area contributed by atoms with Crippen LogP contribution in [0, 0.1) is 6.92 Å². The molecule has 96 valence electrons. The highest BCUT2D eigenvalue weighted by molar-refractivity contribution is 5.96. The van der Waals surface area contributed by atoms with Gasteiger partial charge in [0.05, 0.1) is 17.0 Å². The maximum Gasteiger partial charge on any atom is 0.255 e. The van der Waals surface area contributed by atoms with Gasteiger partial charge in [0.15, 0.2) is 0 Å². The molecule has 0 unspecified atom stereocenters. The van der Waals surface area contributed by atoms with Crippen LogP contribution in [0.15, 0.2) is 6.07 Å². The smallest absolute Gasteiger partial charge is 0.255 e. The molecule has 5 nitrogen and oxygen atoms in total. The quantitative estimate of drug-likeness (QED) is 0.786. The molecule has 0 spiro atoms. The van der Waals surface area contributed by atoms with E-state index in [1.165, 1.54) is 0 Å². The highest BCUT2D eigenvalue weighted by Gasteiger charge is 2.24. The Morgan fingerprint density at radius 2 is 2.00 bits per heavy atom. The van der Waals surface area contributed by atoms with Gasteiger partial charge in [-0.3, -0.25) is 9.59 Å². The second-order valence-electron chi connectivity index (χ2n) is 4.53. The van der Waals surface area contributed by atoms with Gasteiger partial charge in [0.1, 0.15) is 5.78 Å². The van der Waals surface area contributed by atoms with E-state index >= 15 is 0 Å². The third kappa shape index (κ3) is 2.55. The SMILES string of the molecule is CCc1nnc(C)cc1C(=O)N1CCC(=O)CC1. The predicted molar refractivity (Wildman–Crippen MR) is 66.3 cm³/mol. The molecule has 0 atom stereocenters. The van der Waals surface area contributed by atoms with Crippen molar-refractivity contribution < 1.29 is 9.59 Å². The van der Waals surface area contributed by atoms with Gasteiger partial charge in [-0.05, 0) is 19.4 Å². The molecule has 0 radical (unpaired) electrons. The van der Waals surface area contributed by atoms with E-state index in [4.69, 9.17) is 0 Å². The standard InChI is InChI=1S/C13H17N3O2/c1-3-12-11(8-9(2)14-15-12)13(18)16-6-4-10(17)5-7-16/h8H,3-7H2,1-2H3. The van der Waals surface area contributed by atoms with Crippen molar-refractivity contribution in [3.63, 3.8) is 0 Å². The Kier molecular flexibility index (Phi) is 3.69. The summed E-state index contributed by atoms with van der Waals surface area (Å²) in [7, 11) is 0. The van der Waals surface area contributed by atoms with E-state index in [2.05, 4.69) is 10.2 Å². The van der Waals surface area contributed by atoms with Gasteiger partial charge in [0, 0.05) is 25.9 Å². The Labute approximate surface area is 106 Å². The van der Waals surface area contributed by atoms with E-state index in [0.717, 1.165) is 11.4 Å². The lowest BCUT2D eigenvalue weighted by Gasteiger charge is -2.26. The first-order valence-electron chi connectivity index (χ1n) is 6.26. The Hall–Kier alpha value is -1.78. The van der Waals surface area contributed by atoms with Crippen molar-refractivity contribution in [1.29, 1.82) is 0 Å². The topological polar surface area (TPSA) is 63.2 Å². The van der Waals surface area contributed by atoms with E-state index in [0.29, 0.717) is 37.9 Å². The molecule has 1 fully saturated rings. The summed E-state index contributed by atoms with van der Waals surface area (Å²) in [4.78, 5) is 25.3. The predicted octanol–water partition coefficient (Wildman–Crippen LogP) is 1.15. The van der Waals surface area contributed by atoms with E-state index in [1.54, 1.807) is 11.0 Å². The zero-order valence-electron chi connectivity index (χ0n) is 10.8. The van der Waals surface area contributed by atoms with Gasteiger partial charge in [-0.2, -0.15) is 10.2 Å². The molecule has 1 aromatic heterocycles. The fraction of sp³-hybridized carbons (Fsp3) is 0.538. The largest absolute Gasteiger partial charge is 0.338 e. The molecule has 18 heavy (non-hydrogen) atoms. The lowest BCUT2D eigenvalue weighted by Crippen LogP contribution is -2.39. The molecule has 1 aromatic rings. The second kappa shape index (κ2) is 5.25. The number of rotatable bonds is 2. The number of aromatic nitrogens is 2. The normalized spacial score (nSPS) is 15.9. The van der Waals surface area contributed by atoms with Crippen molar-refractivity contribution in [3.8, 4) is 0 Å². The van der Waals surface area contributed by atoms with Crippen LogP contribution in [0.3, 0.4) is 0 Å². The lowest BCUT2D eigenvalue weighted by molar-refractivity contribution is -0.120. The second-order valence-corrected chi connectivity index (χ2v) is 4.53. The average Bonchev–Trinajstić information content (AvgIpc) is 2.39. The van der Waals surface area contributed by atoms with Crippen LogP contribution in [0.2, 0.25) is 0 Å². The molecule has 0 aliphatic carbocycles. The molecule has 5 heteroatoms. The summed E-state index contributed by atoms with van der Waals surface area (Å²) < 4.78 is 0. The molecule has 1 aliphatic heterocycles. The lowest BCUT2D eigenvalue weighted by atomic mass is 10.1. The average molecular weight is 247 g/mol. The first kappa shape index (κ1) is 12.7. The number of carbonyl (C=O) groups excluding carboxylic acids is 2. The minimum absolute atomic E-state index is 0.0302. The number of ketones is 1. The number of hydrogen-bond donors (Lipinski definition) is 0. The Morgan fingerprint density at radius 1 is 1.33 bits per heavy atom. The van der Waals surface area contributed by atoms with E-state index in [1.807, 2.05) is 13.8 Å². The summed E-state index contributed by atoms with van der Waals surface area (Å²) >= 11 is 0. The minimum atomic E-state index is -0.0302. The zero-order chi connectivity index (χ0) is 13.1. The van der Waals surface area contributed by atoms with Crippen LogP contribution in [0.25, 0.3) is 0 Å². The van der Waals surface area contributed by atoms with Crippen molar-refractivity contribution in [2.75, 3.05) is 13.1 Å². The van der Waals surface area contributed by atoms with Crippen LogP contribution in [-0.4, -0.2) is 39.9 Å². The third-order valence-electron chi connectivity index (χ3n) is 3.17.